The first-order chi connectivity index (χ1) is 12.4. The second-order valence-corrected chi connectivity index (χ2v) is 8.32. The van der Waals surface area contributed by atoms with Gasteiger partial charge in [-0.1, -0.05) is 36.4 Å². The van der Waals surface area contributed by atoms with E-state index in [0.717, 1.165) is 16.6 Å². The van der Waals surface area contributed by atoms with E-state index in [-0.39, 0.29) is 12.5 Å². The number of benzene rings is 2. The number of fused-ring (bicyclic) bond motifs is 1. The van der Waals surface area contributed by atoms with Crippen LogP contribution < -0.4 is 10.5 Å². The summed E-state index contributed by atoms with van der Waals surface area (Å²) < 4.78 is 25.9. The van der Waals surface area contributed by atoms with Crippen LogP contribution in [0.3, 0.4) is 0 Å². The molecule has 0 radical (unpaired) electrons. The highest BCUT2D eigenvalue weighted by atomic mass is 32.2. The van der Waals surface area contributed by atoms with Crippen LogP contribution in [0.15, 0.2) is 48.5 Å². The summed E-state index contributed by atoms with van der Waals surface area (Å²) in [6, 6.07) is 14.6. The molecule has 0 spiro atoms. The molecule has 1 aliphatic rings. The van der Waals surface area contributed by atoms with E-state index in [4.69, 9.17) is 5.73 Å². The molecule has 1 aromatic heterocycles. The number of aromatic amines is 1. The van der Waals surface area contributed by atoms with Gasteiger partial charge in [-0.3, -0.25) is 9.52 Å². The zero-order valence-electron chi connectivity index (χ0n) is 13.8. The topological polar surface area (TPSA) is 118 Å². The van der Waals surface area contributed by atoms with E-state index < -0.39 is 21.2 Å². The molecule has 4 rings (SSSR count). The molecule has 134 valence electrons. The SMILES string of the molecule is N[C@@H](Cc1ccc(C2CC(=O)NS2(=O)=O)cc1)c1nc2ccccc2[nH]1. The molecular formula is C18H18N4O3S. The molecule has 4 N–H and O–H groups in total. The summed E-state index contributed by atoms with van der Waals surface area (Å²) in [6.45, 7) is 0. The minimum absolute atomic E-state index is 0.0415. The number of hydrogen-bond donors (Lipinski definition) is 3. The Morgan fingerprint density at radius 1 is 1.15 bits per heavy atom. The quantitative estimate of drug-likeness (QED) is 0.646. The van der Waals surface area contributed by atoms with Crippen molar-refractivity contribution in [2.24, 2.45) is 5.73 Å². The maximum Gasteiger partial charge on any atom is 0.242 e. The molecule has 7 nitrogen and oxygen atoms in total. The first-order valence-corrected chi connectivity index (χ1v) is 9.80. The lowest BCUT2D eigenvalue weighted by Crippen LogP contribution is -2.21. The standard InChI is InChI=1S/C18H18N4O3S/c19-13(18-20-14-3-1-2-4-15(14)21-18)9-11-5-7-12(8-6-11)16-10-17(23)22-26(16,24)25/h1-8,13,16H,9-10,19H2,(H,20,21)(H,22,23)/t13-,16?/m0/s1. The Morgan fingerprint density at radius 3 is 2.54 bits per heavy atom. The van der Waals surface area contributed by atoms with Crippen molar-refractivity contribution >= 4 is 27.0 Å². The molecule has 0 aliphatic carbocycles. The largest absolute Gasteiger partial charge is 0.341 e. The van der Waals surface area contributed by atoms with Gasteiger partial charge in [0.25, 0.3) is 0 Å². The smallest absolute Gasteiger partial charge is 0.242 e. The molecule has 2 aromatic carbocycles. The molecule has 26 heavy (non-hydrogen) atoms. The Kier molecular flexibility index (Phi) is 4.01. The number of rotatable bonds is 4. The fourth-order valence-electron chi connectivity index (χ4n) is 3.21. The molecule has 0 saturated carbocycles. The lowest BCUT2D eigenvalue weighted by Gasteiger charge is -2.11. The van der Waals surface area contributed by atoms with E-state index in [9.17, 15) is 13.2 Å². The van der Waals surface area contributed by atoms with Gasteiger partial charge in [-0.05, 0) is 29.7 Å². The number of hydrogen-bond acceptors (Lipinski definition) is 5. The van der Waals surface area contributed by atoms with Crippen molar-refractivity contribution in [3.05, 3.63) is 65.5 Å². The zero-order valence-corrected chi connectivity index (χ0v) is 14.7. The third kappa shape index (κ3) is 3.09. The molecule has 1 saturated heterocycles. The van der Waals surface area contributed by atoms with E-state index >= 15 is 0 Å². The van der Waals surface area contributed by atoms with Crippen LogP contribution in [0.5, 0.6) is 0 Å². The maximum absolute atomic E-state index is 11.9. The normalized spacial score (nSPS) is 20.2. The van der Waals surface area contributed by atoms with Crippen molar-refractivity contribution in [1.82, 2.24) is 14.7 Å². The van der Waals surface area contributed by atoms with Gasteiger partial charge in [-0.15, -0.1) is 0 Å². The summed E-state index contributed by atoms with van der Waals surface area (Å²) >= 11 is 0. The maximum atomic E-state index is 11.9. The molecule has 0 bridgehead atoms. The fourth-order valence-corrected chi connectivity index (χ4v) is 4.64. The number of nitrogens with two attached hydrogens (primary N) is 1. The van der Waals surface area contributed by atoms with Crippen molar-refractivity contribution in [2.45, 2.75) is 24.1 Å². The average molecular weight is 370 g/mol. The van der Waals surface area contributed by atoms with Crippen molar-refractivity contribution in [2.75, 3.05) is 0 Å². The highest BCUT2D eigenvalue weighted by molar-refractivity contribution is 7.90. The van der Waals surface area contributed by atoms with Crippen LogP contribution in [0.1, 0.15) is 34.7 Å². The Bertz CT molecular complexity index is 1040. The number of carbonyl (C=O) groups is 1. The Balaban J connectivity index is 1.51. The third-order valence-electron chi connectivity index (χ3n) is 4.57. The lowest BCUT2D eigenvalue weighted by atomic mass is 10.0. The molecule has 2 heterocycles. The molecule has 2 atom stereocenters. The van der Waals surface area contributed by atoms with E-state index in [1.807, 2.05) is 41.1 Å². The molecular weight excluding hydrogens is 352 g/mol. The van der Waals surface area contributed by atoms with Crippen LogP contribution in [0.2, 0.25) is 0 Å². The van der Waals surface area contributed by atoms with E-state index in [0.29, 0.717) is 17.8 Å². The van der Waals surface area contributed by atoms with Gasteiger partial charge in [-0.2, -0.15) is 0 Å². The second kappa shape index (κ2) is 6.22. The van der Waals surface area contributed by atoms with Gasteiger partial charge in [0.2, 0.25) is 15.9 Å². The predicted molar refractivity (Wildman–Crippen MR) is 97.6 cm³/mol. The highest BCUT2D eigenvalue weighted by Gasteiger charge is 2.37. The predicted octanol–water partition coefficient (Wildman–Crippen LogP) is 1.70. The van der Waals surface area contributed by atoms with Crippen LogP contribution in [0.25, 0.3) is 11.0 Å². The molecule has 1 fully saturated rings. The van der Waals surface area contributed by atoms with Crippen LogP contribution in [0.4, 0.5) is 0 Å². The van der Waals surface area contributed by atoms with Crippen LogP contribution in [-0.4, -0.2) is 24.3 Å². The van der Waals surface area contributed by atoms with Crippen LogP contribution in [0, 0.1) is 0 Å². The average Bonchev–Trinajstić information content (AvgIpc) is 3.15. The number of H-pyrrole nitrogens is 1. The summed E-state index contributed by atoms with van der Waals surface area (Å²) in [5.74, 6) is 0.245. The molecule has 3 aromatic rings. The van der Waals surface area contributed by atoms with Gasteiger partial charge in [0.15, 0.2) is 0 Å². The van der Waals surface area contributed by atoms with Gasteiger partial charge in [-0.25, -0.2) is 13.4 Å². The monoisotopic (exact) mass is 370 g/mol. The van der Waals surface area contributed by atoms with Gasteiger partial charge in [0.1, 0.15) is 11.1 Å². The van der Waals surface area contributed by atoms with Crippen molar-refractivity contribution in [3.63, 3.8) is 0 Å². The third-order valence-corrected chi connectivity index (χ3v) is 6.27. The Morgan fingerprint density at radius 2 is 1.88 bits per heavy atom. The number of carbonyl (C=O) groups excluding carboxylic acids is 1. The number of imidazole rings is 1. The number of nitrogens with one attached hydrogen (secondary N) is 2. The first kappa shape index (κ1) is 16.7. The van der Waals surface area contributed by atoms with Gasteiger partial charge in [0, 0.05) is 0 Å². The molecule has 1 unspecified atom stereocenters. The minimum Gasteiger partial charge on any atom is -0.341 e. The number of para-hydroxylation sites is 2. The summed E-state index contributed by atoms with van der Waals surface area (Å²) in [4.78, 5) is 19.1. The molecule has 1 aliphatic heterocycles. The fraction of sp³-hybridized carbons (Fsp3) is 0.222. The number of amides is 1. The summed E-state index contributed by atoms with van der Waals surface area (Å²) in [7, 11) is -3.62. The summed E-state index contributed by atoms with van der Waals surface area (Å²) in [5.41, 5.74) is 9.65. The minimum atomic E-state index is -3.62. The van der Waals surface area contributed by atoms with Crippen molar-refractivity contribution < 1.29 is 13.2 Å². The van der Waals surface area contributed by atoms with Gasteiger partial charge < -0.3 is 10.7 Å². The van der Waals surface area contributed by atoms with Gasteiger partial charge in [0.05, 0.1) is 23.5 Å². The summed E-state index contributed by atoms with van der Waals surface area (Å²) in [5, 5.41) is -0.826. The Hall–Kier alpha value is -2.71. The Labute approximate surface area is 150 Å². The summed E-state index contributed by atoms with van der Waals surface area (Å²) in [6.07, 6.45) is 0.523. The first-order valence-electron chi connectivity index (χ1n) is 8.26. The molecule has 1 amide bonds. The van der Waals surface area contributed by atoms with E-state index in [1.165, 1.54) is 0 Å². The van der Waals surface area contributed by atoms with Crippen molar-refractivity contribution in [3.8, 4) is 0 Å². The zero-order chi connectivity index (χ0) is 18.3. The lowest BCUT2D eigenvalue weighted by molar-refractivity contribution is -0.118. The highest BCUT2D eigenvalue weighted by Crippen LogP contribution is 2.30. The number of aromatic nitrogens is 2. The number of sulfonamides is 1. The number of nitrogens with zero attached hydrogens (tertiary/aromatic N) is 1. The second-order valence-electron chi connectivity index (χ2n) is 6.45. The van der Waals surface area contributed by atoms with Crippen molar-refractivity contribution in [1.29, 1.82) is 0 Å². The molecule has 8 heteroatoms. The van der Waals surface area contributed by atoms with E-state index in [2.05, 4.69) is 9.97 Å². The van der Waals surface area contributed by atoms with E-state index in [1.54, 1.807) is 12.1 Å². The van der Waals surface area contributed by atoms with Crippen LogP contribution in [-0.2, 0) is 21.2 Å². The van der Waals surface area contributed by atoms with Gasteiger partial charge >= 0.3 is 0 Å². The van der Waals surface area contributed by atoms with Crippen LogP contribution >= 0.6 is 0 Å².